The summed E-state index contributed by atoms with van der Waals surface area (Å²) in [6, 6.07) is 20.6. The Balaban J connectivity index is 1.24. The third kappa shape index (κ3) is 3.21. The first kappa shape index (κ1) is 20.2. The lowest BCUT2D eigenvalue weighted by atomic mass is 9.96. The molecule has 2 aliphatic rings. The number of fused-ring (bicyclic) bond motifs is 4. The van der Waals surface area contributed by atoms with Crippen LogP contribution in [0.5, 0.6) is 0 Å². The molecule has 6 nitrogen and oxygen atoms in total. The zero-order chi connectivity index (χ0) is 23.5. The lowest BCUT2D eigenvalue weighted by Crippen LogP contribution is -2.31. The fourth-order valence-corrected chi connectivity index (χ4v) is 6.02. The number of anilines is 1. The SMILES string of the molecule is O=C(O)c1ccc(-c2cnn3cc(-c4ccc(N5C[C@H]6CC[C@@H]5C6)cc4)cnc23)c2ccccc12. The Kier molecular flexibility index (Phi) is 4.43. The molecule has 2 aromatic heterocycles. The zero-order valence-corrected chi connectivity index (χ0v) is 19.1. The van der Waals surface area contributed by atoms with Gasteiger partial charge in [0.2, 0.25) is 0 Å². The minimum atomic E-state index is -0.932. The van der Waals surface area contributed by atoms with Crippen LogP contribution in [0.4, 0.5) is 5.69 Å². The van der Waals surface area contributed by atoms with Crippen molar-refractivity contribution in [2.75, 3.05) is 11.4 Å². The molecule has 0 radical (unpaired) electrons. The molecule has 0 spiro atoms. The Labute approximate surface area is 202 Å². The molecule has 3 heterocycles. The fourth-order valence-electron chi connectivity index (χ4n) is 6.02. The molecule has 0 amide bonds. The predicted octanol–water partition coefficient (Wildman–Crippen LogP) is 5.90. The Morgan fingerprint density at radius 1 is 0.886 bits per heavy atom. The van der Waals surface area contributed by atoms with Crippen molar-refractivity contribution in [2.45, 2.75) is 25.3 Å². The topological polar surface area (TPSA) is 70.7 Å². The van der Waals surface area contributed by atoms with E-state index < -0.39 is 5.97 Å². The lowest BCUT2D eigenvalue weighted by Gasteiger charge is -2.29. The molecule has 1 saturated heterocycles. The molecule has 5 aromatic rings. The second kappa shape index (κ2) is 7.67. The van der Waals surface area contributed by atoms with Gasteiger partial charge >= 0.3 is 5.97 Å². The molecular formula is C29H24N4O2. The number of benzene rings is 3. The standard InChI is InChI=1S/C29H24N4O2/c34-29(35)26-12-11-25(23-3-1-2-4-24(23)26)27-15-31-33-17-20(14-30-28(27)33)19-6-9-21(10-7-19)32-16-18-5-8-22(32)13-18/h1-4,6-7,9-12,14-15,17-18,22H,5,8,13,16H2,(H,34,35)/t18-,22+/m0/s1. The maximum absolute atomic E-state index is 11.7. The van der Waals surface area contributed by atoms with Gasteiger partial charge in [-0.3, -0.25) is 0 Å². The van der Waals surface area contributed by atoms with Crippen molar-refractivity contribution in [2.24, 2.45) is 5.92 Å². The van der Waals surface area contributed by atoms with E-state index in [0.717, 1.165) is 39.2 Å². The number of hydrogen-bond acceptors (Lipinski definition) is 4. The summed E-state index contributed by atoms with van der Waals surface area (Å²) in [6.45, 7) is 1.19. The maximum atomic E-state index is 11.7. The van der Waals surface area contributed by atoms with Crippen LogP contribution in [0.3, 0.4) is 0 Å². The third-order valence-electron chi connectivity index (χ3n) is 7.74. The highest BCUT2D eigenvalue weighted by Gasteiger charge is 2.37. The van der Waals surface area contributed by atoms with Crippen LogP contribution in [0.2, 0.25) is 0 Å². The van der Waals surface area contributed by atoms with E-state index in [0.29, 0.717) is 17.0 Å². The van der Waals surface area contributed by atoms with Gasteiger partial charge in [-0.05, 0) is 65.3 Å². The Bertz CT molecular complexity index is 1600. The minimum Gasteiger partial charge on any atom is -0.478 e. The van der Waals surface area contributed by atoms with Gasteiger partial charge in [0, 0.05) is 41.8 Å². The van der Waals surface area contributed by atoms with Gasteiger partial charge in [-0.15, -0.1) is 0 Å². The summed E-state index contributed by atoms with van der Waals surface area (Å²) in [5.41, 5.74) is 6.27. The minimum absolute atomic E-state index is 0.293. The van der Waals surface area contributed by atoms with Crippen molar-refractivity contribution in [1.82, 2.24) is 14.6 Å². The Morgan fingerprint density at radius 2 is 1.71 bits per heavy atom. The number of hydrogen-bond donors (Lipinski definition) is 1. The van der Waals surface area contributed by atoms with E-state index in [4.69, 9.17) is 4.98 Å². The second-order valence-electron chi connectivity index (χ2n) is 9.71. The highest BCUT2D eigenvalue weighted by molar-refractivity contribution is 6.09. The van der Waals surface area contributed by atoms with E-state index in [1.54, 1.807) is 16.8 Å². The number of rotatable bonds is 4. The van der Waals surface area contributed by atoms with Crippen molar-refractivity contribution in [3.63, 3.8) is 0 Å². The molecule has 1 saturated carbocycles. The first-order chi connectivity index (χ1) is 17.2. The van der Waals surface area contributed by atoms with Crippen molar-refractivity contribution >= 4 is 28.1 Å². The first-order valence-electron chi connectivity index (χ1n) is 12.1. The highest BCUT2D eigenvalue weighted by atomic mass is 16.4. The van der Waals surface area contributed by atoms with Crippen LogP contribution >= 0.6 is 0 Å². The molecule has 1 aliphatic heterocycles. The van der Waals surface area contributed by atoms with Crippen molar-refractivity contribution < 1.29 is 9.90 Å². The van der Waals surface area contributed by atoms with Crippen LogP contribution in [0.15, 0.2) is 79.3 Å². The average Bonchev–Trinajstić information content (AvgIpc) is 3.64. The van der Waals surface area contributed by atoms with Gasteiger partial charge in [0.05, 0.1) is 11.8 Å². The lowest BCUT2D eigenvalue weighted by molar-refractivity contribution is 0.0699. The number of carboxylic acid groups (broad SMARTS) is 1. The van der Waals surface area contributed by atoms with Crippen LogP contribution in [-0.2, 0) is 0 Å². The van der Waals surface area contributed by atoms with Crippen molar-refractivity contribution in [3.05, 3.63) is 84.8 Å². The number of carbonyl (C=O) groups is 1. The van der Waals surface area contributed by atoms with Gasteiger partial charge in [-0.25, -0.2) is 14.3 Å². The molecule has 2 fully saturated rings. The van der Waals surface area contributed by atoms with Crippen LogP contribution < -0.4 is 4.90 Å². The van der Waals surface area contributed by atoms with E-state index in [-0.39, 0.29) is 0 Å². The second-order valence-corrected chi connectivity index (χ2v) is 9.71. The molecule has 6 heteroatoms. The maximum Gasteiger partial charge on any atom is 0.336 e. The molecule has 1 N–H and O–H groups in total. The molecular weight excluding hydrogens is 436 g/mol. The molecule has 0 unspecified atom stereocenters. The molecule has 2 bridgehead atoms. The molecule has 7 rings (SSSR count). The fraction of sp³-hybridized carbons (Fsp3) is 0.207. The summed E-state index contributed by atoms with van der Waals surface area (Å²) in [7, 11) is 0. The zero-order valence-electron chi connectivity index (χ0n) is 19.1. The number of aromatic carboxylic acids is 1. The average molecular weight is 461 g/mol. The normalized spacial score (nSPS) is 19.1. The van der Waals surface area contributed by atoms with Crippen LogP contribution in [0.25, 0.3) is 38.7 Å². The van der Waals surface area contributed by atoms with E-state index in [1.165, 1.54) is 31.5 Å². The van der Waals surface area contributed by atoms with Crippen molar-refractivity contribution in [1.29, 1.82) is 0 Å². The number of piperidine rings is 1. The van der Waals surface area contributed by atoms with Crippen LogP contribution in [-0.4, -0.2) is 38.3 Å². The molecule has 1 aliphatic carbocycles. The van der Waals surface area contributed by atoms with Gasteiger partial charge < -0.3 is 10.0 Å². The Hall–Kier alpha value is -4.19. The number of nitrogens with zero attached hydrogens (tertiary/aromatic N) is 4. The largest absolute Gasteiger partial charge is 0.478 e. The van der Waals surface area contributed by atoms with E-state index in [1.807, 2.05) is 42.7 Å². The molecule has 35 heavy (non-hydrogen) atoms. The summed E-state index contributed by atoms with van der Waals surface area (Å²) in [5.74, 6) is -0.0589. The predicted molar refractivity (Wildman–Crippen MR) is 137 cm³/mol. The van der Waals surface area contributed by atoms with E-state index >= 15 is 0 Å². The van der Waals surface area contributed by atoms with Crippen LogP contribution in [0.1, 0.15) is 29.6 Å². The van der Waals surface area contributed by atoms with E-state index in [9.17, 15) is 9.90 Å². The monoisotopic (exact) mass is 460 g/mol. The third-order valence-corrected chi connectivity index (χ3v) is 7.74. The summed E-state index contributed by atoms with van der Waals surface area (Å²) < 4.78 is 1.80. The summed E-state index contributed by atoms with van der Waals surface area (Å²) in [4.78, 5) is 19.0. The molecule has 3 aromatic carbocycles. The summed E-state index contributed by atoms with van der Waals surface area (Å²) >= 11 is 0. The van der Waals surface area contributed by atoms with Gasteiger partial charge in [-0.1, -0.05) is 42.5 Å². The van der Waals surface area contributed by atoms with Gasteiger partial charge in [-0.2, -0.15) is 5.10 Å². The first-order valence-corrected chi connectivity index (χ1v) is 12.1. The molecule has 2 atom stereocenters. The van der Waals surface area contributed by atoms with Gasteiger partial charge in [0.1, 0.15) is 0 Å². The quantitative estimate of drug-likeness (QED) is 0.361. The highest BCUT2D eigenvalue weighted by Crippen LogP contribution is 2.40. The van der Waals surface area contributed by atoms with Gasteiger partial charge in [0.15, 0.2) is 5.65 Å². The van der Waals surface area contributed by atoms with Crippen molar-refractivity contribution in [3.8, 4) is 22.3 Å². The van der Waals surface area contributed by atoms with Gasteiger partial charge in [0.25, 0.3) is 0 Å². The summed E-state index contributed by atoms with van der Waals surface area (Å²) in [6.07, 6.45) is 9.75. The molecule has 172 valence electrons. The smallest absolute Gasteiger partial charge is 0.336 e. The Morgan fingerprint density at radius 3 is 2.46 bits per heavy atom. The van der Waals surface area contributed by atoms with E-state index in [2.05, 4.69) is 34.3 Å². The van der Waals surface area contributed by atoms with Crippen LogP contribution in [0, 0.1) is 5.92 Å². The number of carboxylic acids is 1. The number of aromatic nitrogens is 3. The summed E-state index contributed by atoms with van der Waals surface area (Å²) in [5, 5.41) is 15.8.